The molecule has 1 saturated heterocycles. The van der Waals surface area contributed by atoms with E-state index in [4.69, 9.17) is 4.74 Å². The van der Waals surface area contributed by atoms with Gasteiger partial charge in [-0.2, -0.15) is 5.10 Å². The summed E-state index contributed by atoms with van der Waals surface area (Å²) in [5, 5.41) is 6.90. The Bertz CT molecular complexity index is 903. The minimum Gasteiger partial charge on any atom is -0.442 e. The van der Waals surface area contributed by atoms with E-state index in [1.807, 2.05) is 6.07 Å². The van der Waals surface area contributed by atoms with Crippen molar-refractivity contribution >= 4 is 23.5 Å². The van der Waals surface area contributed by atoms with Crippen LogP contribution in [0.2, 0.25) is 0 Å². The number of hydrogen-bond donors (Lipinski definition) is 1. The number of aromatic nitrogens is 3. The molecule has 1 aliphatic heterocycles. The molecular formula is C20H25N5O4. The molecule has 0 aliphatic carbocycles. The van der Waals surface area contributed by atoms with Gasteiger partial charge in [0.1, 0.15) is 0 Å². The molecule has 0 aromatic carbocycles. The summed E-state index contributed by atoms with van der Waals surface area (Å²) in [6.45, 7) is 5.25. The molecule has 0 spiro atoms. The van der Waals surface area contributed by atoms with E-state index >= 15 is 0 Å². The van der Waals surface area contributed by atoms with Crippen molar-refractivity contribution in [2.24, 2.45) is 11.3 Å². The van der Waals surface area contributed by atoms with Gasteiger partial charge in [-0.15, -0.1) is 0 Å². The number of carbonyl (C=O) groups is 3. The zero-order chi connectivity index (χ0) is 21.2. The van der Waals surface area contributed by atoms with Gasteiger partial charge < -0.3 is 15.0 Å². The van der Waals surface area contributed by atoms with Crippen LogP contribution in [0.5, 0.6) is 0 Å². The van der Waals surface area contributed by atoms with Crippen molar-refractivity contribution in [3.63, 3.8) is 0 Å². The Balaban J connectivity index is 1.66. The number of hydrogen-bond acceptors (Lipinski definition) is 6. The molecule has 154 valence electrons. The van der Waals surface area contributed by atoms with Gasteiger partial charge in [-0.25, -0.2) is 4.68 Å². The highest BCUT2D eigenvalue weighted by molar-refractivity contribution is 5.97. The lowest BCUT2D eigenvalue weighted by molar-refractivity contribution is -0.157. The molecule has 2 atom stereocenters. The van der Waals surface area contributed by atoms with Gasteiger partial charge in [-0.3, -0.25) is 19.4 Å². The van der Waals surface area contributed by atoms with E-state index in [9.17, 15) is 14.4 Å². The zero-order valence-corrected chi connectivity index (χ0v) is 17.0. The summed E-state index contributed by atoms with van der Waals surface area (Å²) in [6.07, 6.45) is 6.49. The second-order valence-electron chi connectivity index (χ2n) is 8.12. The van der Waals surface area contributed by atoms with Crippen LogP contribution in [0.4, 0.5) is 5.69 Å². The fraction of sp³-hybridized carbons (Fsp3) is 0.450. The summed E-state index contributed by atoms with van der Waals surface area (Å²) in [5.41, 5.74) is 0.673. The van der Waals surface area contributed by atoms with Crippen LogP contribution in [0, 0.1) is 11.3 Å². The number of carbonyl (C=O) groups excluding carboxylic acids is 3. The van der Waals surface area contributed by atoms with E-state index < -0.39 is 11.3 Å². The third-order valence-electron chi connectivity index (χ3n) is 4.79. The lowest BCUT2D eigenvalue weighted by atomic mass is 9.94. The Labute approximate surface area is 169 Å². The molecule has 1 aliphatic rings. The number of nitrogens with one attached hydrogen (secondary N) is 1. The maximum absolute atomic E-state index is 12.9. The van der Waals surface area contributed by atoms with Crippen molar-refractivity contribution < 1.29 is 19.1 Å². The number of anilines is 1. The number of amides is 2. The van der Waals surface area contributed by atoms with E-state index in [0.29, 0.717) is 5.69 Å². The third kappa shape index (κ3) is 4.61. The molecule has 3 heterocycles. The lowest BCUT2D eigenvalue weighted by Crippen LogP contribution is -2.30. The predicted octanol–water partition coefficient (Wildman–Crippen LogP) is 1.98. The summed E-state index contributed by atoms with van der Waals surface area (Å²) in [4.78, 5) is 42.6. The van der Waals surface area contributed by atoms with Crippen molar-refractivity contribution in [1.29, 1.82) is 0 Å². The maximum Gasteiger partial charge on any atom is 0.313 e. The topological polar surface area (TPSA) is 106 Å². The average molecular weight is 399 g/mol. The minimum atomic E-state index is -0.605. The summed E-state index contributed by atoms with van der Waals surface area (Å²) in [5.74, 6) is -1.25. The molecule has 0 bridgehead atoms. The van der Waals surface area contributed by atoms with Crippen LogP contribution < -0.4 is 5.32 Å². The number of nitrogens with zero attached hydrogens (tertiary/aromatic N) is 4. The average Bonchev–Trinajstić information content (AvgIpc) is 3.24. The number of ether oxygens (including phenoxy) is 1. The van der Waals surface area contributed by atoms with E-state index in [2.05, 4.69) is 15.4 Å². The highest BCUT2D eigenvalue weighted by atomic mass is 16.5. The first-order chi connectivity index (χ1) is 13.7. The molecule has 9 heteroatoms. The second kappa shape index (κ2) is 8.02. The molecule has 0 saturated carbocycles. The van der Waals surface area contributed by atoms with Crippen LogP contribution in [-0.2, 0) is 25.9 Å². The first-order valence-corrected chi connectivity index (χ1v) is 9.33. The van der Waals surface area contributed by atoms with E-state index in [-0.39, 0.29) is 37.0 Å². The molecular weight excluding hydrogens is 374 g/mol. The van der Waals surface area contributed by atoms with Crippen LogP contribution in [-0.4, -0.2) is 44.5 Å². The van der Waals surface area contributed by atoms with Gasteiger partial charge >= 0.3 is 5.97 Å². The second-order valence-corrected chi connectivity index (χ2v) is 8.12. The number of esters is 1. The standard InChI is InChI=1S/C20H25N5O4/c1-20(2,3)19(28)29-12-25-11-14(10-22-25)23-18(27)15-8-16(26)24(4)17(15)13-6-5-7-21-9-13/h5-7,9-11,15,17H,8,12H2,1-4H3,(H,23,27)/t15-,17+/m1/s1. The van der Waals surface area contributed by atoms with Crippen LogP contribution in [0.25, 0.3) is 0 Å². The van der Waals surface area contributed by atoms with Gasteiger partial charge in [-0.1, -0.05) is 6.07 Å². The third-order valence-corrected chi connectivity index (χ3v) is 4.79. The molecule has 2 aromatic rings. The molecule has 0 unspecified atom stereocenters. The van der Waals surface area contributed by atoms with Crippen LogP contribution in [0.1, 0.15) is 38.8 Å². The molecule has 3 rings (SSSR count). The van der Waals surface area contributed by atoms with E-state index in [1.165, 1.54) is 10.9 Å². The van der Waals surface area contributed by atoms with Crippen LogP contribution in [0.3, 0.4) is 0 Å². The van der Waals surface area contributed by atoms with Gasteiger partial charge in [0.05, 0.1) is 35.5 Å². The monoisotopic (exact) mass is 399 g/mol. The van der Waals surface area contributed by atoms with Gasteiger partial charge in [-0.05, 0) is 32.4 Å². The molecule has 29 heavy (non-hydrogen) atoms. The van der Waals surface area contributed by atoms with Crippen molar-refractivity contribution in [3.8, 4) is 0 Å². The van der Waals surface area contributed by atoms with E-state index in [0.717, 1.165) is 5.56 Å². The van der Waals surface area contributed by atoms with Gasteiger partial charge in [0.25, 0.3) is 0 Å². The normalized spacial score (nSPS) is 19.3. The number of rotatable bonds is 5. The van der Waals surface area contributed by atoms with Crippen molar-refractivity contribution in [1.82, 2.24) is 19.7 Å². The molecule has 1 N–H and O–H groups in total. The van der Waals surface area contributed by atoms with Crippen molar-refractivity contribution in [2.75, 3.05) is 12.4 Å². The minimum absolute atomic E-state index is 0.0467. The van der Waals surface area contributed by atoms with Crippen molar-refractivity contribution in [3.05, 3.63) is 42.5 Å². The smallest absolute Gasteiger partial charge is 0.313 e. The molecule has 2 aromatic heterocycles. The number of likely N-dealkylation sites (tertiary alicyclic amines) is 1. The quantitative estimate of drug-likeness (QED) is 0.771. The fourth-order valence-electron chi connectivity index (χ4n) is 3.19. The molecule has 2 amide bonds. The Morgan fingerprint density at radius 1 is 1.31 bits per heavy atom. The summed E-state index contributed by atoms with van der Waals surface area (Å²) in [7, 11) is 1.69. The highest BCUT2D eigenvalue weighted by Crippen LogP contribution is 2.37. The zero-order valence-electron chi connectivity index (χ0n) is 17.0. The molecule has 1 fully saturated rings. The Kier molecular flexibility index (Phi) is 5.67. The SMILES string of the molecule is CN1C(=O)C[C@@H](C(=O)Nc2cnn(COC(=O)C(C)(C)C)c2)[C@@H]1c1cccnc1. The van der Waals surface area contributed by atoms with Crippen LogP contribution >= 0.6 is 0 Å². The van der Waals surface area contributed by atoms with Gasteiger partial charge in [0, 0.05) is 25.9 Å². The summed E-state index contributed by atoms with van der Waals surface area (Å²) >= 11 is 0. The molecule has 0 radical (unpaired) electrons. The lowest BCUT2D eigenvalue weighted by Gasteiger charge is -2.24. The Morgan fingerprint density at radius 3 is 2.72 bits per heavy atom. The van der Waals surface area contributed by atoms with E-state index in [1.54, 1.807) is 57.4 Å². The summed E-state index contributed by atoms with van der Waals surface area (Å²) in [6, 6.07) is 3.26. The van der Waals surface area contributed by atoms with Crippen molar-refractivity contribution in [2.45, 2.75) is 40.0 Å². The largest absolute Gasteiger partial charge is 0.442 e. The predicted molar refractivity (Wildman–Crippen MR) is 104 cm³/mol. The fourth-order valence-corrected chi connectivity index (χ4v) is 3.19. The number of pyridine rings is 1. The Morgan fingerprint density at radius 2 is 2.07 bits per heavy atom. The van der Waals surface area contributed by atoms with Crippen LogP contribution in [0.15, 0.2) is 36.9 Å². The van der Waals surface area contributed by atoms with Gasteiger partial charge in [0.15, 0.2) is 6.73 Å². The summed E-state index contributed by atoms with van der Waals surface area (Å²) < 4.78 is 6.62. The molecule has 9 nitrogen and oxygen atoms in total. The first kappa shape index (κ1) is 20.5. The Hall–Kier alpha value is -3.23. The maximum atomic E-state index is 12.9. The van der Waals surface area contributed by atoms with Gasteiger partial charge in [0.2, 0.25) is 11.8 Å². The first-order valence-electron chi connectivity index (χ1n) is 9.33. The highest BCUT2D eigenvalue weighted by Gasteiger charge is 2.42.